The summed E-state index contributed by atoms with van der Waals surface area (Å²) >= 11 is 0. The molecular weight excluding hydrogens is 248 g/mol. The largest absolute Gasteiger partial charge is 0.382 e. The van der Waals surface area contributed by atoms with E-state index < -0.39 is 0 Å². The van der Waals surface area contributed by atoms with Gasteiger partial charge in [-0.05, 0) is 24.5 Å². The molecule has 0 unspecified atom stereocenters. The van der Waals surface area contributed by atoms with E-state index in [1.807, 2.05) is 13.0 Å². The number of nitrogens with zero attached hydrogens (tertiary/aromatic N) is 2. The van der Waals surface area contributed by atoms with Crippen LogP contribution in [0, 0.1) is 12.3 Å². The Kier molecular flexibility index (Phi) is 5.40. The molecule has 0 saturated carbocycles. The van der Waals surface area contributed by atoms with Crippen LogP contribution in [-0.4, -0.2) is 30.3 Å². The van der Waals surface area contributed by atoms with Crippen molar-refractivity contribution in [2.75, 3.05) is 19.7 Å². The van der Waals surface area contributed by atoms with E-state index in [0.717, 1.165) is 31.8 Å². The van der Waals surface area contributed by atoms with Crippen molar-refractivity contribution in [2.24, 2.45) is 5.16 Å². The Hall–Kier alpha value is -2.05. The third-order valence-electron chi connectivity index (χ3n) is 3.29. The van der Waals surface area contributed by atoms with Gasteiger partial charge < -0.3 is 4.84 Å². The maximum Gasteiger partial charge on any atom is 0.177 e. The van der Waals surface area contributed by atoms with Gasteiger partial charge in [-0.2, -0.15) is 0 Å². The Balaban J connectivity index is 1.93. The Labute approximate surface area is 120 Å². The average Bonchev–Trinajstić information content (AvgIpc) is 2.49. The predicted octanol–water partition coefficient (Wildman–Crippen LogP) is 2.84. The fourth-order valence-corrected chi connectivity index (χ4v) is 2.27. The van der Waals surface area contributed by atoms with E-state index in [0.29, 0.717) is 0 Å². The van der Waals surface area contributed by atoms with Crippen LogP contribution in [0.4, 0.5) is 0 Å². The van der Waals surface area contributed by atoms with Crippen molar-refractivity contribution in [1.29, 1.82) is 0 Å². The van der Waals surface area contributed by atoms with Gasteiger partial charge in [-0.15, -0.1) is 6.42 Å². The van der Waals surface area contributed by atoms with Gasteiger partial charge in [0.25, 0.3) is 0 Å². The lowest BCUT2D eigenvalue weighted by molar-refractivity contribution is 0.179. The highest BCUT2D eigenvalue weighted by atomic mass is 16.6. The first-order valence-corrected chi connectivity index (χ1v) is 6.85. The first-order valence-electron chi connectivity index (χ1n) is 6.85. The first kappa shape index (κ1) is 14.4. The highest BCUT2D eigenvalue weighted by Gasteiger charge is 2.14. The fourth-order valence-electron chi connectivity index (χ4n) is 2.27. The van der Waals surface area contributed by atoms with Crippen LogP contribution < -0.4 is 0 Å². The zero-order valence-electron chi connectivity index (χ0n) is 11.9. The summed E-state index contributed by atoms with van der Waals surface area (Å²) in [7, 11) is 0. The van der Waals surface area contributed by atoms with Crippen molar-refractivity contribution in [1.82, 2.24) is 4.90 Å². The monoisotopic (exact) mass is 268 g/mol. The van der Waals surface area contributed by atoms with Gasteiger partial charge in [0, 0.05) is 19.6 Å². The summed E-state index contributed by atoms with van der Waals surface area (Å²) in [6.07, 6.45) is 8.42. The maximum absolute atomic E-state index is 5.13. The van der Waals surface area contributed by atoms with Crippen LogP contribution in [0.15, 0.2) is 47.1 Å². The van der Waals surface area contributed by atoms with E-state index in [1.165, 1.54) is 11.1 Å². The van der Waals surface area contributed by atoms with Crippen LogP contribution in [0.25, 0.3) is 0 Å². The molecule has 1 aromatic rings. The van der Waals surface area contributed by atoms with Crippen molar-refractivity contribution in [2.45, 2.75) is 19.9 Å². The van der Waals surface area contributed by atoms with E-state index in [1.54, 1.807) is 0 Å². The molecule has 20 heavy (non-hydrogen) atoms. The highest BCUT2D eigenvalue weighted by molar-refractivity contribution is 5.98. The van der Waals surface area contributed by atoms with Gasteiger partial charge in [0.2, 0.25) is 0 Å². The van der Waals surface area contributed by atoms with E-state index in [9.17, 15) is 0 Å². The molecule has 1 aromatic carbocycles. The minimum Gasteiger partial charge on any atom is -0.382 e. The summed E-state index contributed by atoms with van der Waals surface area (Å²) < 4.78 is 0. The minimum atomic E-state index is 0.221. The summed E-state index contributed by atoms with van der Waals surface area (Å²) in [5.41, 5.74) is 3.48. The fraction of sp³-hybridized carbons (Fsp3) is 0.353. The minimum absolute atomic E-state index is 0.221. The summed E-state index contributed by atoms with van der Waals surface area (Å²) in [5.74, 6) is 2.41. The highest BCUT2D eigenvalue weighted by Crippen LogP contribution is 2.14. The quantitative estimate of drug-likeness (QED) is 0.355. The van der Waals surface area contributed by atoms with E-state index in [-0.39, 0.29) is 6.61 Å². The van der Waals surface area contributed by atoms with Gasteiger partial charge in [-0.25, -0.2) is 0 Å². The van der Waals surface area contributed by atoms with Crippen LogP contribution in [0.1, 0.15) is 18.9 Å². The van der Waals surface area contributed by atoms with Gasteiger partial charge >= 0.3 is 0 Å². The molecule has 3 heteroatoms. The Morgan fingerprint density at radius 1 is 1.40 bits per heavy atom. The molecule has 0 fully saturated rings. The van der Waals surface area contributed by atoms with Crippen LogP contribution in [0.5, 0.6) is 0 Å². The molecule has 3 nitrogen and oxygen atoms in total. The van der Waals surface area contributed by atoms with Crippen LogP contribution in [0.3, 0.4) is 0 Å². The second kappa shape index (κ2) is 7.52. The molecule has 2 rings (SSSR count). The molecule has 1 heterocycles. The zero-order valence-corrected chi connectivity index (χ0v) is 11.9. The molecule has 0 atom stereocenters. The molecule has 0 saturated heterocycles. The van der Waals surface area contributed by atoms with Gasteiger partial charge in [-0.3, -0.25) is 4.90 Å². The summed E-state index contributed by atoms with van der Waals surface area (Å²) in [6.45, 7) is 5.14. The van der Waals surface area contributed by atoms with Crippen LogP contribution >= 0.6 is 0 Å². The van der Waals surface area contributed by atoms with Gasteiger partial charge in [0.15, 0.2) is 6.61 Å². The van der Waals surface area contributed by atoms with Crippen molar-refractivity contribution in [3.05, 3.63) is 47.5 Å². The average molecular weight is 268 g/mol. The van der Waals surface area contributed by atoms with E-state index in [4.69, 9.17) is 11.3 Å². The Morgan fingerprint density at radius 3 is 2.95 bits per heavy atom. The molecule has 1 aliphatic rings. The van der Waals surface area contributed by atoms with Crippen molar-refractivity contribution >= 4 is 5.71 Å². The topological polar surface area (TPSA) is 24.8 Å². The Bertz CT molecular complexity index is 526. The number of oxime groups is 1. The third-order valence-corrected chi connectivity index (χ3v) is 3.29. The molecule has 0 aromatic heterocycles. The second-order valence-corrected chi connectivity index (χ2v) is 4.87. The lowest BCUT2D eigenvalue weighted by Crippen LogP contribution is -2.31. The lowest BCUT2D eigenvalue weighted by atomic mass is 10.1. The molecule has 1 aliphatic heterocycles. The molecule has 0 radical (unpaired) electrons. The number of benzene rings is 1. The molecule has 0 spiro atoms. The van der Waals surface area contributed by atoms with Crippen molar-refractivity contribution in [3.63, 3.8) is 0 Å². The Morgan fingerprint density at radius 2 is 2.20 bits per heavy atom. The van der Waals surface area contributed by atoms with Crippen LogP contribution in [0.2, 0.25) is 0 Å². The van der Waals surface area contributed by atoms with Crippen molar-refractivity contribution < 1.29 is 4.84 Å². The van der Waals surface area contributed by atoms with Crippen LogP contribution in [-0.2, 0) is 11.4 Å². The molecule has 0 aliphatic carbocycles. The number of rotatable bonds is 5. The molecule has 0 N–H and O–H groups in total. The van der Waals surface area contributed by atoms with E-state index >= 15 is 0 Å². The first-order chi connectivity index (χ1) is 9.79. The zero-order chi connectivity index (χ0) is 14.2. The maximum atomic E-state index is 5.13. The van der Waals surface area contributed by atoms with Gasteiger partial charge in [0.05, 0.1) is 5.71 Å². The second-order valence-electron chi connectivity index (χ2n) is 4.87. The SMILES string of the molecule is C#CCON=C(C)C1=CCCN(Cc2ccccc2)C1. The van der Waals surface area contributed by atoms with Gasteiger partial charge in [-0.1, -0.05) is 47.5 Å². The number of hydrogen-bond donors (Lipinski definition) is 0. The summed E-state index contributed by atoms with van der Waals surface area (Å²) in [6, 6.07) is 10.5. The number of terminal acetylenes is 1. The summed E-state index contributed by atoms with van der Waals surface area (Å²) in [4.78, 5) is 7.47. The third kappa shape index (κ3) is 4.25. The lowest BCUT2D eigenvalue weighted by Gasteiger charge is -2.27. The molecular formula is C17H20N2O. The van der Waals surface area contributed by atoms with E-state index in [2.05, 4.69) is 46.3 Å². The summed E-state index contributed by atoms with van der Waals surface area (Å²) in [5, 5.41) is 4.06. The predicted molar refractivity (Wildman–Crippen MR) is 82.3 cm³/mol. The normalized spacial score (nSPS) is 16.4. The standard InChI is InChI=1S/C17H20N2O/c1-3-12-20-18-15(2)17-10-7-11-19(14-17)13-16-8-5-4-6-9-16/h1,4-6,8-10H,7,11-14H2,2H3. The molecule has 0 amide bonds. The van der Waals surface area contributed by atoms with Gasteiger partial charge in [0.1, 0.15) is 0 Å². The number of hydrogen-bond acceptors (Lipinski definition) is 3. The molecule has 104 valence electrons. The van der Waals surface area contributed by atoms with Crippen molar-refractivity contribution in [3.8, 4) is 12.3 Å². The molecule has 0 bridgehead atoms. The smallest absolute Gasteiger partial charge is 0.177 e.